The maximum absolute atomic E-state index is 11.6. The summed E-state index contributed by atoms with van der Waals surface area (Å²) >= 11 is 0. The first kappa shape index (κ1) is 14.9. The summed E-state index contributed by atoms with van der Waals surface area (Å²) in [6, 6.07) is 2.55. The number of rotatable bonds is 6. The normalized spacial score (nSPS) is 10.8. The van der Waals surface area contributed by atoms with Crippen LogP contribution in [0.1, 0.15) is 17.3 Å². The zero-order valence-corrected chi connectivity index (χ0v) is 10.8. The predicted molar refractivity (Wildman–Crippen MR) is 65.2 cm³/mol. The molecule has 0 unspecified atom stereocenters. The monoisotopic (exact) mass is 288 g/mol. The van der Waals surface area contributed by atoms with Crippen LogP contribution in [0.2, 0.25) is 0 Å². The fourth-order valence-corrected chi connectivity index (χ4v) is 2.12. The highest BCUT2D eigenvalue weighted by molar-refractivity contribution is 7.93. The highest BCUT2D eigenvalue weighted by atomic mass is 32.2. The van der Waals surface area contributed by atoms with Crippen LogP contribution in [0.4, 0.5) is 5.82 Å². The second kappa shape index (κ2) is 6.14. The van der Waals surface area contributed by atoms with Gasteiger partial charge in [0.2, 0.25) is 10.0 Å². The molecule has 0 bridgehead atoms. The molecule has 8 nitrogen and oxygen atoms in total. The molecule has 0 amide bonds. The SMILES string of the molecule is CCOC(=O)CS(=O)(=O)Nc1ncccc1C(=O)O. The van der Waals surface area contributed by atoms with E-state index < -0.39 is 27.7 Å². The number of esters is 1. The topological polar surface area (TPSA) is 123 Å². The Labute approximate surface area is 109 Å². The van der Waals surface area contributed by atoms with Crippen molar-refractivity contribution in [1.29, 1.82) is 0 Å². The summed E-state index contributed by atoms with van der Waals surface area (Å²) in [5.74, 6) is -3.51. The van der Waals surface area contributed by atoms with Gasteiger partial charge in [0.15, 0.2) is 11.6 Å². The molecule has 0 aliphatic rings. The van der Waals surface area contributed by atoms with Gasteiger partial charge in [0.1, 0.15) is 5.56 Å². The second-order valence-electron chi connectivity index (χ2n) is 3.37. The molecular formula is C10H12N2O6S. The Kier molecular flexibility index (Phi) is 4.81. The number of aromatic nitrogens is 1. The number of nitrogens with one attached hydrogen (secondary N) is 1. The van der Waals surface area contributed by atoms with Crippen molar-refractivity contribution in [3.8, 4) is 0 Å². The van der Waals surface area contributed by atoms with E-state index in [-0.39, 0.29) is 18.0 Å². The van der Waals surface area contributed by atoms with E-state index in [1.807, 2.05) is 4.72 Å². The summed E-state index contributed by atoms with van der Waals surface area (Å²) in [7, 11) is -4.06. The molecule has 19 heavy (non-hydrogen) atoms. The molecule has 0 atom stereocenters. The third-order valence-corrected chi connectivity index (χ3v) is 3.02. The van der Waals surface area contributed by atoms with E-state index in [2.05, 4.69) is 9.72 Å². The van der Waals surface area contributed by atoms with Gasteiger partial charge in [0.25, 0.3) is 0 Å². The minimum absolute atomic E-state index is 0.0539. The Morgan fingerprint density at radius 3 is 2.74 bits per heavy atom. The lowest BCUT2D eigenvalue weighted by Crippen LogP contribution is -2.25. The van der Waals surface area contributed by atoms with Crippen molar-refractivity contribution in [3.63, 3.8) is 0 Å². The molecular weight excluding hydrogens is 276 g/mol. The third-order valence-electron chi connectivity index (χ3n) is 1.90. The molecule has 0 aliphatic heterocycles. The zero-order chi connectivity index (χ0) is 14.5. The summed E-state index contributed by atoms with van der Waals surface area (Å²) in [6.45, 7) is 1.59. The highest BCUT2D eigenvalue weighted by Crippen LogP contribution is 2.13. The minimum Gasteiger partial charge on any atom is -0.478 e. The van der Waals surface area contributed by atoms with Crippen molar-refractivity contribution in [2.45, 2.75) is 6.92 Å². The number of carbonyl (C=O) groups is 2. The van der Waals surface area contributed by atoms with Crippen LogP contribution in [0.15, 0.2) is 18.3 Å². The molecule has 9 heteroatoms. The Morgan fingerprint density at radius 1 is 1.47 bits per heavy atom. The van der Waals surface area contributed by atoms with E-state index >= 15 is 0 Å². The van der Waals surface area contributed by atoms with Crippen LogP contribution in [0.3, 0.4) is 0 Å². The molecule has 1 heterocycles. The standard InChI is InChI=1S/C10H12N2O6S/c1-2-18-8(13)6-19(16,17)12-9-7(10(14)15)4-3-5-11-9/h3-5H,2,6H2,1H3,(H,11,12)(H,14,15). The molecule has 0 radical (unpaired) electrons. The largest absolute Gasteiger partial charge is 0.478 e. The van der Waals surface area contributed by atoms with Crippen LogP contribution in [0, 0.1) is 0 Å². The number of anilines is 1. The van der Waals surface area contributed by atoms with Gasteiger partial charge in [-0.2, -0.15) is 0 Å². The minimum atomic E-state index is -4.06. The molecule has 0 saturated heterocycles. The van der Waals surface area contributed by atoms with Crippen molar-refractivity contribution in [1.82, 2.24) is 4.98 Å². The van der Waals surface area contributed by atoms with E-state index in [4.69, 9.17) is 5.11 Å². The number of carboxylic acid groups (broad SMARTS) is 1. The van der Waals surface area contributed by atoms with E-state index in [0.717, 1.165) is 0 Å². The quantitative estimate of drug-likeness (QED) is 0.711. The summed E-state index contributed by atoms with van der Waals surface area (Å²) in [4.78, 5) is 25.6. The van der Waals surface area contributed by atoms with Gasteiger partial charge < -0.3 is 9.84 Å². The predicted octanol–water partition coefficient (Wildman–Crippen LogP) is 0.0846. The first-order valence-corrected chi connectivity index (χ1v) is 6.85. The Bertz CT molecular complexity index is 583. The second-order valence-corrected chi connectivity index (χ2v) is 5.09. The number of carboxylic acids is 1. The van der Waals surface area contributed by atoms with Crippen LogP contribution in [0.5, 0.6) is 0 Å². The Balaban J connectivity index is 2.90. The van der Waals surface area contributed by atoms with Gasteiger partial charge in [-0.1, -0.05) is 0 Å². The molecule has 0 spiro atoms. The highest BCUT2D eigenvalue weighted by Gasteiger charge is 2.21. The fraction of sp³-hybridized carbons (Fsp3) is 0.300. The summed E-state index contributed by atoms with van der Waals surface area (Å²) in [6.07, 6.45) is 1.23. The molecule has 2 N–H and O–H groups in total. The van der Waals surface area contributed by atoms with E-state index in [1.54, 1.807) is 6.92 Å². The summed E-state index contributed by atoms with van der Waals surface area (Å²) in [5.41, 5.74) is -0.310. The van der Waals surface area contributed by atoms with Crippen molar-refractivity contribution in [3.05, 3.63) is 23.9 Å². The number of ether oxygens (including phenoxy) is 1. The lowest BCUT2D eigenvalue weighted by Gasteiger charge is -2.08. The Morgan fingerprint density at radius 2 is 2.16 bits per heavy atom. The maximum Gasteiger partial charge on any atom is 0.339 e. The molecule has 0 aromatic carbocycles. The molecule has 0 saturated carbocycles. The molecule has 1 rings (SSSR count). The molecule has 1 aromatic heterocycles. The number of pyridine rings is 1. The van der Waals surface area contributed by atoms with Crippen molar-refractivity contribution in [2.24, 2.45) is 0 Å². The van der Waals surface area contributed by atoms with Gasteiger partial charge >= 0.3 is 11.9 Å². The van der Waals surface area contributed by atoms with Crippen LogP contribution in [0.25, 0.3) is 0 Å². The van der Waals surface area contributed by atoms with Crippen LogP contribution >= 0.6 is 0 Å². The average Bonchev–Trinajstić information content (AvgIpc) is 2.28. The number of nitrogens with zero attached hydrogens (tertiary/aromatic N) is 1. The van der Waals surface area contributed by atoms with E-state index in [1.165, 1.54) is 18.3 Å². The molecule has 104 valence electrons. The van der Waals surface area contributed by atoms with Crippen LogP contribution in [-0.4, -0.2) is 42.8 Å². The van der Waals surface area contributed by atoms with Gasteiger partial charge in [0.05, 0.1) is 6.61 Å². The lowest BCUT2D eigenvalue weighted by molar-refractivity contribution is -0.139. The first-order chi connectivity index (χ1) is 8.85. The van der Waals surface area contributed by atoms with Gasteiger partial charge in [-0.3, -0.25) is 9.52 Å². The summed E-state index contributed by atoms with van der Waals surface area (Å²) in [5, 5.41) is 8.86. The van der Waals surface area contributed by atoms with Crippen molar-refractivity contribution >= 4 is 27.8 Å². The third kappa shape index (κ3) is 4.54. The number of aromatic carboxylic acids is 1. The van der Waals surface area contributed by atoms with Gasteiger partial charge in [-0.15, -0.1) is 0 Å². The Hall–Kier alpha value is -2.16. The van der Waals surface area contributed by atoms with Crippen molar-refractivity contribution < 1.29 is 27.9 Å². The number of sulfonamides is 1. The smallest absolute Gasteiger partial charge is 0.339 e. The molecule has 0 aliphatic carbocycles. The average molecular weight is 288 g/mol. The lowest BCUT2D eigenvalue weighted by atomic mass is 10.3. The number of carbonyl (C=O) groups excluding carboxylic acids is 1. The number of hydrogen-bond acceptors (Lipinski definition) is 6. The fourth-order valence-electron chi connectivity index (χ4n) is 1.20. The van der Waals surface area contributed by atoms with Gasteiger partial charge in [0, 0.05) is 6.20 Å². The maximum atomic E-state index is 11.6. The zero-order valence-electron chi connectivity index (χ0n) is 9.99. The van der Waals surface area contributed by atoms with Crippen LogP contribution < -0.4 is 4.72 Å². The van der Waals surface area contributed by atoms with E-state index in [0.29, 0.717) is 0 Å². The van der Waals surface area contributed by atoms with E-state index in [9.17, 15) is 18.0 Å². The van der Waals surface area contributed by atoms with Gasteiger partial charge in [-0.25, -0.2) is 18.2 Å². The first-order valence-electron chi connectivity index (χ1n) is 5.20. The molecule has 1 aromatic rings. The van der Waals surface area contributed by atoms with Crippen LogP contribution in [-0.2, 0) is 19.6 Å². The number of hydrogen-bond donors (Lipinski definition) is 2. The van der Waals surface area contributed by atoms with Gasteiger partial charge in [-0.05, 0) is 19.1 Å². The summed E-state index contributed by atoms with van der Waals surface area (Å²) < 4.78 is 29.7. The molecule has 0 fully saturated rings. The van der Waals surface area contributed by atoms with Crippen molar-refractivity contribution in [2.75, 3.05) is 17.1 Å².